The van der Waals surface area contributed by atoms with Crippen LogP contribution in [0.4, 0.5) is 0 Å². The number of nitrogens with zero attached hydrogens (tertiary/aromatic N) is 3. The second kappa shape index (κ2) is 7.20. The first-order chi connectivity index (χ1) is 9.76. The molecule has 0 saturated carbocycles. The zero-order chi connectivity index (χ0) is 14.4. The summed E-state index contributed by atoms with van der Waals surface area (Å²) in [5.41, 5.74) is 2.22. The molecule has 2 aromatic heterocycles. The van der Waals surface area contributed by atoms with Crippen molar-refractivity contribution in [3.8, 4) is 0 Å². The third-order valence-corrected chi connectivity index (χ3v) is 3.34. The van der Waals surface area contributed by atoms with Crippen molar-refractivity contribution in [2.75, 3.05) is 6.54 Å². The Kier molecular flexibility index (Phi) is 5.30. The molecule has 0 amide bonds. The van der Waals surface area contributed by atoms with E-state index in [9.17, 15) is 0 Å². The third kappa shape index (κ3) is 3.45. The van der Waals surface area contributed by atoms with Crippen molar-refractivity contribution in [1.29, 1.82) is 0 Å². The average Bonchev–Trinajstić information content (AvgIpc) is 2.90. The summed E-state index contributed by atoms with van der Waals surface area (Å²) in [6, 6.07) is 4.31. The topological polar surface area (TPSA) is 42.7 Å². The van der Waals surface area contributed by atoms with Gasteiger partial charge in [0.15, 0.2) is 0 Å². The van der Waals surface area contributed by atoms with Crippen LogP contribution in [0, 0.1) is 6.92 Å². The van der Waals surface area contributed by atoms with Crippen LogP contribution in [0.5, 0.6) is 0 Å². The summed E-state index contributed by atoms with van der Waals surface area (Å²) in [4.78, 5) is 8.98. The van der Waals surface area contributed by atoms with Crippen LogP contribution in [0.15, 0.2) is 30.7 Å². The maximum absolute atomic E-state index is 4.56. The number of aryl methyl sites for hydroxylation is 2. The van der Waals surface area contributed by atoms with E-state index < -0.39 is 0 Å². The van der Waals surface area contributed by atoms with Gasteiger partial charge in [0.1, 0.15) is 5.82 Å². The Morgan fingerprint density at radius 2 is 2.05 bits per heavy atom. The third-order valence-electron chi connectivity index (χ3n) is 3.34. The number of hydrogen-bond donors (Lipinski definition) is 1. The van der Waals surface area contributed by atoms with E-state index in [-0.39, 0.29) is 6.04 Å². The molecule has 4 nitrogen and oxygen atoms in total. The Morgan fingerprint density at radius 3 is 2.70 bits per heavy atom. The van der Waals surface area contributed by atoms with Crippen LogP contribution in [-0.4, -0.2) is 21.1 Å². The molecule has 0 bridgehead atoms. The van der Waals surface area contributed by atoms with Gasteiger partial charge >= 0.3 is 0 Å². The Bertz CT molecular complexity index is 516. The first-order valence-corrected chi connectivity index (χ1v) is 7.43. The Labute approximate surface area is 121 Å². The molecule has 2 heterocycles. The van der Waals surface area contributed by atoms with Crippen molar-refractivity contribution >= 4 is 0 Å². The van der Waals surface area contributed by atoms with Crippen LogP contribution in [-0.2, 0) is 6.54 Å². The second-order valence-corrected chi connectivity index (χ2v) is 5.10. The van der Waals surface area contributed by atoms with E-state index in [0.717, 1.165) is 37.4 Å². The van der Waals surface area contributed by atoms with Gasteiger partial charge in [0, 0.05) is 30.8 Å². The molecule has 20 heavy (non-hydrogen) atoms. The number of pyridine rings is 1. The molecular weight excluding hydrogens is 248 g/mol. The summed E-state index contributed by atoms with van der Waals surface area (Å²) in [7, 11) is 0. The van der Waals surface area contributed by atoms with E-state index in [1.165, 1.54) is 5.56 Å². The van der Waals surface area contributed by atoms with E-state index in [0.29, 0.717) is 0 Å². The van der Waals surface area contributed by atoms with E-state index in [4.69, 9.17) is 0 Å². The van der Waals surface area contributed by atoms with Gasteiger partial charge in [-0.2, -0.15) is 0 Å². The largest absolute Gasteiger partial charge is 0.333 e. The number of nitrogens with one attached hydrogen (secondary N) is 1. The molecule has 0 aliphatic rings. The molecule has 1 N–H and O–H groups in total. The van der Waals surface area contributed by atoms with Gasteiger partial charge in [-0.05, 0) is 37.9 Å². The highest BCUT2D eigenvalue weighted by molar-refractivity contribution is 5.24. The molecule has 0 radical (unpaired) electrons. The summed E-state index contributed by atoms with van der Waals surface area (Å²) < 4.78 is 2.23. The van der Waals surface area contributed by atoms with Gasteiger partial charge in [-0.15, -0.1) is 0 Å². The van der Waals surface area contributed by atoms with Crippen molar-refractivity contribution in [1.82, 2.24) is 19.9 Å². The molecule has 0 spiro atoms. The zero-order valence-electron chi connectivity index (χ0n) is 12.6. The molecular formula is C16H24N4. The Hall–Kier alpha value is -1.68. The highest BCUT2D eigenvalue weighted by atomic mass is 15.1. The maximum Gasteiger partial charge on any atom is 0.130 e. The summed E-state index contributed by atoms with van der Waals surface area (Å²) >= 11 is 0. The van der Waals surface area contributed by atoms with Gasteiger partial charge in [-0.25, -0.2) is 4.98 Å². The lowest BCUT2D eigenvalue weighted by molar-refractivity contribution is 0.529. The molecule has 1 atom stereocenters. The van der Waals surface area contributed by atoms with Crippen molar-refractivity contribution in [2.45, 2.75) is 46.2 Å². The van der Waals surface area contributed by atoms with Crippen LogP contribution in [0.3, 0.4) is 0 Å². The van der Waals surface area contributed by atoms with Gasteiger partial charge in [-0.1, -0.05) is 19.9 Å². The van der Waals surface area contributed by atoms with Crippen LogP contribution in [0.1, 0.15) is 49.8 Å². The highest BCUT2D eigenvalue weighted by Gasteiger charge is 2.18. The lowest BCUT2D eigenvalue weighted by Gasteiger charge is -2.20. The first kappa shape index (κ1) is 14.7. The van der Waals surface area contributed by atoms with E-state index in [1.54, 1.807) is 0 Å². The number of rotatable bonds is 7. The number of imidazole rings is 1. The minimum absolute atomic E-state index is 0.115. The predicted molar refractivity (Wildman–Crippen MR) is 81.6 cm³/mol. The Balaban J connectivity index is 2.31. The lowest BCUT2D eigenvalue weighted by Crippen LogP contribution is -2.26. The van der Waals surface area contributed by atoms with E-state index in [1.807, 2.05) is 19.3 Å². The summed E-state index contributed by atoms with van der Waals surface area (Å²) in [5.74, 6) is 1.07. The minimum atomic E-state index is 0.115. The normalized spacial score (nSPS) is 12.6. The highest BCUT2D eigenvalue weighted by Crippen LogP contribution is 2.20. The average molecular weight is 272 g/mol. The standard InChI is InChI=1S/C16H24N4/c1-4-8-17-15(14-7-6-13(3)19-12-14)16-18-9-11-20(16)10-5-2/h6-7,9,11-12,15,17H,4-5,8,10H2,1-3H3. The summed E-state index contributed by atoms with van der Waals surface area (Å²) in [5, 5.41) is 3.58. The van der Waals surface area contributed by atoms with Crippen LogP contribution in [0.25, 0.3) is 0 Å². The molecule has 1 unspecified atom stereocenters. The zero-order valence-corrected chi connectivity index (χ0v) is 12.6. The molecule has 108 valence electrons. The van der Waals surface area contributed by atoms with Gasteiger partial charge < -0.3 is 9.88 Å². The van der Waals surface area contributed by atoms with Gasteiger partial charge in [0.2, 0.25) is 0 Å². The van der Waals surface area contributed by atoms with E-state index in [2.05, 4.69) is 52.0 Å². The molecule has 0 aliphatic carbocycles. The van der Waals surface area contributed by atoms with Crippen molar-refractivity contribution in [2.24, 2.45) is 0 Å². The Morgan fingerprint density at radius 1 is 1.20 bits per heavy atom. The SMILES string of the molecule is CCCNC(c1ccc(C)nc1)c1nccn1CCC. The fraction of sp³-hybridized carbons (Fsp3) is 0.500. The molecule has 2 rings (SSSR count). The lowest BCUT2D eigenvalue weighted by atomic mass is 10.1. The number of hydrogen-bond acceptors (Lipinski definition) is 3. The second-order valence-electron chi connectivity index (χ2n) is 5.10. The van der Waals surface area contributed by atoms with Crippen LogP contribution >= 0.6 is 0 Å². The fourth-order valence-electron chi connectivity index (χ4n) is 2.31. The van der Waals surface area contributed by atoms with E-state index >= 15 is 0 Å². The quantitative estimate of drug-likeness (QED) is 0.842. The summed E-state index contributed by atoms with van der Waals surface area (Å²) in [6.07, 6.45) is 8.10. The number of aromatic nitrogens is 3. The predicted octanol–water partition coefficient (Wildman–Crippen LogP) is 3.09. The monoisotopic (exact) mass is 272 g/mol. The molecule has 0 aliphatic heterocycles. The molecule has 2 aromatic rings. The van der Waals surface area contributed by atoms with Gasteiger partial charge in [0.25, 0.3) is 0 Å². The van der Waals surface area contributed by atoms with Gasteiger partial charge in [-0.3, -0.25) is 4.98 Å². The minimum Gasteiger partial charge on any atom is -0.333 e. The first-order valence-electron chi connectivity index (χ1n) is 7.43. The molecule has 0 aromatic carbocycles. The van der Waals surface area contributed by atoms with Crippen molar-refractivity contribution < 1.29 is 0 Å². The van der Waals surface area contributed by atoms with Crippen LogP contribution < -0.4 is 5.32 Å². The van der Waals surface area contributed by atoms with Crippen molar-refractivity contribution in [3.05, 3.63) is 47.8 Å². The summed E-state index contributed by atoms with van der Waals surface area (Å²) in [6.45, 7) is 8.34. The molecule has 4 heteroatoms. The molecule has 0 saturated heterocycles. The fourth-order valence-corrected chi connectivity index (χ4v) is 2.31. The van der Waals surface area contributed by atoms with Gasteiger partial charge in [0.05, 0.1) is 6.04 Å². The maximum atomic E-state index is 4.56. The van der Waals surface area contributed by atoms with Crippen molar-refractivity contribution in [3.63, 3.8) is 0 Å². The van der Waals surface area contributed by atoms with Crippen LogP contribution in [0.2, 0.25) is 0 Å². The smallest absolute Gasteiger partial charge is 0.130 e. The molecule has 0 fully saturated rings.